The van der Waals surface area contributed by atoms with Gasteiger partial charge < -0.3 is 9.80 Å². The zero-order valence-electron chi connectivity index (χ0n) is 14.7. The average molecular weight is 309 g/mol. The third-order valence-electron chi connectivity index (χ3n) is 4.91. The SMILES string of the molecule is CCC(=O)N1CCC2(CC1)N[C@H](CC(C)C)C(=O)N2C(C)C. The van der Waals surface area contributed by atoms with Crippen molar-refractivity contribution in [2.45, 2.75) is 78.0 Å². The van der Waals surface area contributed by atoms with Crippen LogP contribution < -0.4 is 5.32 Å². The molecular formula is C17H31N3O2. The molecule has 0 saturated carbocycles. The van der Waals surface area contributed by atoms with Crippen LogP contribution in [0.5, 0.6) is 0 Å². The smallest absolute Gasteiger partial charge is 0.241 e. The van der Waals surface area contributed by atoms with Gasteiger partial charge in [0.25, 0.3) is 0 Å². The van der Waals surface area contributed by atoms with Crippen molar-refractivity contribution in [1.29, 1.82) is 0 Å². The van der Waals surface area contributed by atoms with Crippen LogP contribution in [0.4, 0.5) is 0 Å². The predicted molar refractivity (Wildman–Crippen MR) is 87.2 cm³/mol. The van der Waals surface area contributed by atoms with Gasteiger partial charge in [-0.3, -0.25) is 14.9 Å². The summed E-state index contributed by atoms with van der Waals surface area (Å²) in [5.41, 5.74) is -0.255. The van der Waals surface area contributed by atoms with E-state index >= 15 is 0 Å². The number of hydrogen-bond donors (Lipinski definition) is 1. The van der Waals surface area contributed by atoms with Crippen molar-refractivity contribution in [3.63, 3.8) is 0 Å². The molecule has 126 valence electrons. The summed E-state index contributed by atoms with van der Waals surface area (Å²) in [4.78, 5) is 28.7. The molecule has 5 nitrogen and oxygen atoms in total. The Morgan fingerprint density at radius 3 is 2.32 bits per heavy atom. The van der Waals surface area contributed by atoms with Gasteiger partial charge >= 0.3 is 0 Å². The molecule has 0 bridgehead atoms. The second-order valence-corrected chi connectivity index (χ2v) is 7.39. The minimum absolute atomic E-state index is 0.0733. The molecule has 2 aliphatic heterocycles. The quantitative estimate of drug-likeness (QED) is 0.864. The van der Waals surface area contributed by atoms with E-state index in [2.05, 4.69) is 33.0 Å². The van der Waals surface area contributed by atoms with Gasteiger partial charge in [0.1, 0.15) is 0 Å². The highest BCUT2D eigenvalue weighted by molar-refractivity contribution is 5.85. The van der Waals surface area contributed by atoms with Crippen LogP contribution in [-0.2, 0) is 9.59 Å². The van der Waals surface area contributed by atoms with Crippen molar-refractivity contribution in [3.05, 3.63) is 0 Å². The highest BCUT2D eigenvalue weighted by Crippen LogP contribution is 2.35. The van der Waals surface area contributed by atoms with Crippen molar-refractivity contribution in [2.75, 3.05) is 13.1 Å². The fourth-order valence-corrected chi connectivity index (χ4v) is 3.95. The summed E-state index contributed by atoms with van der Waals surface area (Å²) in [5.74, 6) is 0.945. The van der Waals surface area contributed by atoms with Gasteiger partial charge in [0.05, 0.1) is 11.7 Å². The lowest BCUT2D eigenvalue weighted by Gasteiger charge is -2.46. The minimum atomic E-state index is -0.255. The first kappa shape index (κ1) is 17.3. The number of carbonyl (C=O) groups is 2. The highest BCUT2D eigenvalue weighted by atomic mass is 16.2. The number of nitrogens with zero attached hydrogens (tertiary/aromatic N) is 2. The summed E-state index contributed by atoms with van der Waals surface area (Å²) < 4.78 is 0. The summed E-state index contributed by atoms with van der Waals surface area (Å²) in [6.07, 6.45) is 3.10. The Morgan fingerprint density at radius 2 is 1.86 bits per heavy atom. The Morgan fingerprint density at radius 1 is 1.27 bits per heavy atom. The molecular weight excluding hydrogens is 278 g/mol. The summed E-state index contributed by atoms with van der Waals surface area (Å²) in [6.45, 7) is 11.9. The Labute approximate surface area is 134 Å². The van der Waals surface area contributed by atoms with E-state index in [1.165, 1.54) is 0 Å². The summed E-state index contributed by atoms with van der Waals surface area (Å²) >= 11 is 0. The summed E-state index contributed by atoms with van der Waals surface area (Å²) in [6, 6.07) is 0.112. The zero-order chi connectivity index (χ0) is 16.5. The van der Waals surface area contributed by atoms with Crippen LogP contribution in [0.15, 0.2) is 0 Å². The molecule has 5 heteroatoms. The highest BCUT2D eigenvalue weighted by Gasteiger charge is 2.52. The average Bonchev–Trinajstić information content (AvgIpc) is 2.70. The Bertz CT molecular complexity index is 426. The zero-order valence-corrected chi connectivity index (χ0v) is 14.7. The number of amides is 2. The van der Waals surface area contributed by atoms with E-state index in [9.17, 15) is 9.59 Å². The van der Waals surface area contributed by atoms with Crippen LogP contribution in [-0.4, -0.2) is 52.5 Å². The van der Waals surface area contributed by atoms with Crippen molar-refractivity contribution in [2.24, 2.45) is 5.92 Å². The number of nitrogens with one attached hydrogen (secondary N) is 1. The van der Waals surface area contributed by atoms with Crippen LogP contribution in [0, 0.1) is 5.92 Å². The Kier molecular flexibility index (Phi) is 5.15. The van der Waals surface area contributed by atoms with Gasteiger partial charge in [0, 0.05) is 38.4 Å². The number of likely N-dealkylation sites (tertiary alicyclic amines) is 1. The number of rotatable bonds is 4. The van der Waals surface area contributed by atoms with Crippen LogP contribution in [0.3, 0.4) is 0 Å². The lowest BCUT2D eigenvalue weighted by molar-refractivity contribution is -0.138. The molecule has 0 aliphatic carbocycles. The number of hydrogen-bond acceptors (Lipinski definition) is 3. The molecule has 22 heavy (non-hydrogen) atoms. The van der Waals surface area contributed by atoms with Gasteiger partial charge in [-0.05, 0) is 26.2 Å². The molecule has 0 aromatic rings. The van der Waals surface area contributed by atoms with Crippen molar-refractivity contribution >= 4 is 11.8 Å². The van der Waals surface area contributed by atoms with E-state index < -0.39 is 0 Å². The molecule has 0 unspecified atom stereocenters. The number of piperidine rings is 1. The molecule has 2 saturated heterocycles. The van der Waals surface area contributed by atoms with Crippen LogP contribution in [0.1, 0.15) is 60.3 Å². The second-order valence-electron chi connectivity index (χ2n) is 7.39. The molecule has 0 radical (unpaired) electrons. The van der Waals surface area contributed by atoms with Crippen molar-refractivity contribution < 1.29 is 9.59 Å². The van der Waals surface area contributed by atoms with E-state index in [4.69, 9.17) is 0 Å². The summed E-state index contributed by atoms with van der Waals surface area (Å²) in [7, 11) is 0. The van der Waals surface area contributed by atoms with Crippen molar-refractivity contribution in [1.82, 2.24) is 15.1 Å². The second kappa shape index (κ2) is 6.57. The van der Waals surface area contributed by atoms with Crippen LogP contribution in [0.25, 0.3) is 0 Å². The lowest BCUT2D eigenvalue weighted by Crippen LogP contribution is -2.61. The first-order valence-electron chi connectivity index (χ1n) is 8.69. The molecule has 1 atom stereocenters. The summed E-state index contributed by atoms with van der Waals surface area (Å²) in [5, 5.41) is 3.63. The maximum atomic E-state index is 12.8. The van der Waals surface area contributed by atoms with Crippen LogP contribution >= 0.6 is 0 Å². The normalized spacial score (nSPS) is 24.9. The van der Waals surface area contributed by atoms with E-state index in [0.29, 0.717) is 12.3 Å². The molecule has 1 N–H and O–H groups in total. The largest absolute Gasteiger partial charge is 0.342 e. The molecule has 0 aromatic carbocycles. The first-order valence-corrected chi connectivity index (χ1v) is 8.69. The van der Waals surface area contributed by atoms with Gasteiger partial charge in [-0.25, -0.2) is 0 Å². The third-order valence-corrected chi connectivity index (χ3v) is 4.91. The predicted octanol–water partition coefficient (Wildman–Crippen LogP) is 1.97. The van der Waals surface area contributed by atoms with E-state index in [0.717, 1.165) is 32.4 Å². The van der Waals surface area contributed by atoms with Gasteiger partial charge in [-0.2, -0.15) is 0 Å². The molecule has 2 heterocycles. The molecule has 2 aliphatic rings. The van der Waals surface area contributed by atoms with Gasteiger partial charge in [-0.1, -0.05) is 20.8 Å². The fraction of sp³-hybridized carbons (Fsp3) is 0.882. The van der Waals surface area contributed by atoms with Gasteiger partial charge in [0.15, 0.2) is 0 Å². The van der Waals surface area contributed by atoms with Gasteiger partial charge in [-0.15, -0.1) is 0 Å². The van der Waals surface area contributed by atoms with E-state index in [1.54, 1.807) is 0 Å². The molecule has 2 rings (SSSR count). The van der Waals surface area contributed by atoms with Gasteiger partial charge in [0.2, 0.25) is 11.8 Å². The fourth-order valence-electron chi connectivity index (χ4n) is 3.95. The molecule has 2 fully saturated rings. The first-order chi connectivity index (χ1) is 10.3. The Hall–Kier alpha value is -1.10. The number of carbonyl (C=O) groups excluding carboxylic acids is 2. The van der Waals surface area contributed by atoms with E-state index in [1.807, 2.05) is 16.7 Å². The molecule has 2 amide bonds. The maximum Gasteiger partial charge on any atom is 0.241 e. The standard InChI is InChI=1S/C17H31N3O2/c1-6-15(21)19-9-7-17(8-10-19)18-14(11-12(2)3)16(22)20(17)13(4)5/h12-14,18H,6-11H2,1-5H3/t14-/m1/s1. The third kappa shape index (κ3) is 3.14. The molecule has 0 aromatic heterocycles. The van der Waals surface area contributed by atoms with Crippen LogP contribution in [0.2, 0.25) is 0 Å². The lowest BCUT2D eigenvalue weighted by atomic mass is 9.94. The van der Waals surface area contributed by atoms with Crippen molar-refractivity contribution in [3.8, 4) is 0 Å². The minimum Gasteiger partial charge on any atom is -0.342 e. The Balaban J connectivity index is 2.14. The maximum absolute atomic E-state index is 12.8. The topological polar surface area (TPSA) is 52.7 Å². The molecule has 1 spiro atoms. The van der Waals surface area contributed by atoms with E-state index in [-0.39, 0.29) is 29.6 Å². The monoisotopic (exact) mass is 309 g/mol.